The smallest absolute Gasteiger partial charge is 0.159 e. The first-order valence-corrected chi connectivity index (χ1v) is 5.58. The highest BCUT2D eigenvalue weighted by molar-refractivity contribution is 5.83. The maximum absolute atomic E-state index is 11.5. The van der Waals surface area contributed by atoms with Gasteiger partial charge in [0, 0.05) is 11.8 Å². The molecule has 0 rings (SSSR count). The predicted octanol–water partition coefficient (Wildman–Crippen LogP) is 2.52. The SMILES string of the molecule is CCC(=O)C(C)(C)CCCOC(C)(C)O. The van der Waals surface area contributed by atoms with Gasteiger partial charge in [0.15, 0.2) is 5.79 Å². The summed E-state index contributed by atoms with van der Waals surface area (Å²) < 4.78 is 5.18. The average molecular weight is 216 g/mol. The molecule has 0 aromatic rings. The third kappa shape index (κ3) is 6.63. The minimum absolute atomic E-state index is 0.266. The Labute approximate surface area is 92.8 Å². The number of rotatable bonds is 7. The largest absolute Gasteiger partial charge is 0.366 e. The van der Waals surface area contributed by atoms with E-state index in [0.29, 0.717) is 13.0 Å². The molecule has 0 saturated heterocycles. The Hall–Kier alpha value is -0.410. The zero-order valence-corrected chi connectivity index (χ0v) is 10.6. The van der Waals surface area contributed by atoms with Crippen molar-refractivity contribution < 1.29 is 14.6 Å². The highest BCUT2D eigenvalue weighted by atomic mass is 16.6. The number of carbonyl (C=O) groups excluding carboxylic acids is 1. The Morgan fingerprint density at radius 2 is 1.80 bits per heavy atom. The van der Waals surface area contributed by atoms with Gasteiger partial charge in [0.05, 0.1) is 6.61 Å². The summed E-state index contributed by atoms with van der Waals surface area (Å²) in [6, 6.07) is 0. The van der Waals surface area contributed by atoms with Crippen LogP contribution in [0.5, 0.6) is 0 Å². The van der Waals surface area contributed by atoms with E-state index in [-0.39, 0.29) is 11.2 Å². The van der Waals surface area contributed by atoms with E-state index < -0.39 is 5.79 Å². The lowest BCUT2D eigenvalue weighted by molar-refractivity contribution is -0.177. The van der Waals surface area contributed by atoms with Gasteiger partial charge in [-0.25, -0.2) is 0 Å². The average Bonchev–Trinajstić information content (AvgIpc) is 2.09. The fraction of sp³-hybridized carbons (Fsp3) is 0.917. The summed E-state index contributed by atoms with van der Waals surface area (Å²) in [5, 5.41) is 9.31. The Kier molecular flexibility index (Phi) is 5.46. The van der Waals surface area contributed by atoms with E-state index in [4.69, 9.17) is 4.74 Å². The summed E-state index contributed by atoms with van der Waals surface area (Å²) in [6.45, 7) is 9.51. The van der Waals surface area contributed by atoms with Crippen LogP contribution in [0.1, 0.15) is 53.9 Å². The molecule has 0 fully saturated rings. The van der Waals surface area contributed by atoms with Gasteiger partial charge in [-0.3, -0.25) is 4.79 Å². The maximum atomic E-state index is 11.5. The first-order chi connectivity index (χ1) is 6.69. The van der Waals surface area contributed by atoms with E-state index in [1.165, 1.54) is 0 Å². The minimum Gasteiger partial charge on any atom is -0.366 e. The molecule has 0 aromatic heterocycles. The van der Waals surface area contributed by atoms with Crippen LogP contribution >= 0.6 is 0 Å². The van der Waals surface area contributed by atoms with Crippen LogP contribution in [-0.2, 0) is 9.53 Å². The highest BCUT2D eigenvalue weighted by Gasteiger charge is 2.25. The van der Waals surface area contributed by atoms with E-state index >= 15 is 0 Å². The Balaban J connectivity index is 3.81. The van der Waals surface area contributed by atoms with Crippen LogP contribution in [0.3, 0.4) is 0 Å². The molecule has 0 heterocycles. The van der Waals surface area contributed by atoms with Crippen LogP contribution in [0.25, 0.3) is 0 Å². The third-order valence-electron chi connectivity index (χ3n) is 2.48. The lowest BCUT2D eigenvalue weighted by atomic mass is 9.82. The molecule has 0 aliphatic carbocycles. The van der Waals surface area contributed by atoms with Gasteiger partial charge in [-0.15, -0.1) is 0 Å². The van der Waals surface area contributed by atoms with Gasteiger partial charge in [0.25, 0.3) is 0 Å². The van der Waals surface area contributed by atoms with Gasteiger partial charge in [0.2, 0.25) is 0 Å². The van der Waals surface area contributed by atoms with Crippen LogP contribution in [0, 0.1) is 5.41 Å². The van der Waals surface area contributed by atoms with Crippen molar-refractivity contribution in [1.29, 1.82) is 0 Å². The second-order valence-electron chi connectivity index (χ2n) is 5.06. The molecule has 0 aliphatic heterocycles. The maximum Gasteiger partial charge on any atom is 0.159 e. The molecule has 90 valence electrons. The van der Waals surface area contributed by atoms with Gasteiger partial charge in [-0.1, -0.05) is 20.8 Å². The molecule has 0 spiro atoms. The fourth-order valence-electron chi connectivity index (χ4n) is 1.45. The number of Topliss-reactive ketones (excluding diaryl/α,β-unsaturated/α-hetero) is 1. The molecule has 0 atom stereocenters. The summed E-state index contributed by atoms with van der Waals surface area (Å²) in [4.78, 5) is 11.5. The van der Waals surface area contributed by atoms with Gasteiger partial charge in [-0.2, -0.15) is 0 Å². The van der Waals surface area contributed by atoms with Crippen molar-refractivity contribution >= 4 is 5.78 Å². The molecule has 3 nitrogen and oxygen atoms in total. The lowest BCUT2D eigenvalue weighted by Gasteiger charge is -2.23. The number of ketones is 1. The molecule has 0 saturated carbocycles. The van der Waals surface area contributed by atoms with Gasteiger partial charge in [-0.05, 0) is 26.7 Å². The van der Waals surface area contributed by atoms with Gasteiger partial charge >= 0.3 is 0 Å². The third-order valence-corrected chi connectivity index (χ3v) is 2.48. The minimum atomic E-state index is -1.07. The number of hydrogen-bond acceptors (Lipinski definition) is 3. The van der Waals surface area contributed by atoms with E-state index in [2.05, 4.69) is 0 Å². The van der Waals surface area contributed by atoms with Crippen LogP contribution in [-0.4, -0.2) is 23.3 Å². The normalized spacial score (nSPS) is 12.9. The second-order valence-corrected chi connectivity index (χ2v) is 5.06. The lowest BCUT2D eigenvalue weighted by Crippen LogP contribution is -2.26. The van der Waals surface area contributed by atoms with Crippen LogP contribution in [0.2, 0.25) is 0 Å². The Morgan fingerprint density at radius 3 is 2.20 bits per heavy atom. The first-order valence-electron chi connectivity index (χ1n) is 5.58. The molecule has 0 aliphatic rings. The zero-order chi connectivity index (χ0) is 12.1. The second kappa shape index (κ2) is 5.61. The topological polar surface area (TPSA) is 46.5 Å². The Morgan fingerprint density at radius 1 is 1.27 bits per heavy atom. The van der Waals surface area contributed by atoms with Crippen molar-refractivity contribution in [1.82, 2.24) is 0 Å². The van der Waals surface area contributed by atoms with Crippen LogP contribution in [0.15, 0.2) is 0 Å². The van der Waals surface area contributed by atoms with Crippen molar-refractivity contribution in [3.8, 4) is 0 Å². The summed E-state index contributed by atoms with van der Waals surface area (Å²) >= 11 is 0. The monoisotopic (exact) mass is 216 g/mol. The fourth-order valence-corrected chi connectivity index (χ4v) is 1.45. The van der Waals surface area contributed by atoms with E-state index in [1.54, 1.807) is 13.8 Å². The molecule has 1 N–H and O–H groups in total. The number of hydrogen-bond donors (Lipinski definition) is 1. The van der Waals surface area contributed by atoms with Gasteiger partial charge < -0.3 is 9.84 Å². The first kappa shape index (κ1) is 14.6. The highest BCUT2D eigenvalue weighted by Crippen LogP contribution is 2.25. The summed E-state index contributed by atoms with van der Waals surface area (Å²) in [5.74, 6) is -0.787. The number of ether oxygens (including phenoxy) is 1. The molecule has 0 unspecified atom stereocenters. The number of aliphatic hydroxyl groups is 1. The van der Waals surface area contributed by atoms with E-state index in [1.807, 2.05) is 20.8 Å². The van der Waals surface area contributed by atoms with Crippen LogP contribution < -0.4 is 0 Å². The predicted molar refractivity (Wildman–Crippen MR) is 60.6 cm³/mol. The molecule has 3 heteroatoms. The Bertz CT molecular complexity index is 201. The molecule has 15 heavy (non-hydrogen) atoms. The molecular formula is C12H24O3. The summed E-state index contributed by atoms with van der Waals surface area (Å²) in [5.41, 5.74) is -0.266. The van der Waals surface area contributed by atoms with Crippen molar-refractivity contribution in [3.63, 3.8) is 0 Å². The molecule has 0 amide bonds. The van der Waals surface area contributed by atoms with Crippen molar-refractivity contribution in [2.45, 2.75) is 59.7 Å². The van der Waals surface area contributed by atoms with E-state index in [9.17, 15) is 9.90 Å². The van der Waals surface area contributed by atoms with Crippen LogP contribution in [0.4, 0.5) is 0 Å². The van der Waals surface area contributed by atoms with Crippen molar-refractivity contribution in [2.75, 3.05) is 6.61 Å². The standard InChI is InChI=1S/C12H24O3/c1-6-10(13)11(2,3)8-7-9-15-12(4,5)14/h14H,6-9H2,1-5H3. The molecule has 0 bridgehead atoms. The number of carbonyl (C=O) groups is 1. The van der Waals surface area contributed by atoms with E-state index in [0.717, 1.165) is 12.8 Å². The van der Waals surface area contributed by atoms with Crippen molar-refractivity contribution in [3.05, 3.63) is 0 Å². The van der Waals surface area contributed by atoms with Gasteiger partial charge in [0.1, 0.15) is 5.78 Å². The molecule has 0 radical (unpaired) electrons. The summed E-state index contributed by atoms with van der Waals surface area (Å²) in [7, 11) is 0. The quantitative estimate of drug-likeness (QED) is 0.525. The van der Waals surface area contributed by atoms with Crippen molar-refractivity contribution in [2.24, 2.45) is 5.41 Å². The summed E-state index contributed by atoms with van der Waals surface area (Å²) in [6.07, 6.45) is 2.18. The molecular weight excluding hydrogens is 192 g/mol. The zero-order valence-electron chi connectivity index (χ0n) is 10.6. The molecule has 0 aromatic carbocycles.